The van der Waals surface area contributed by atoms with Crippen LogP contribution in [-0.4, -0.2) is 66.4 Å². The predicted octanol–water partition coefficient (Wildman–Crippen LogP) is 8.24. The Bertz CT molecular complexity index is 2130. The minimum Gasteiger partial charge on any atom is -0.514 e. The number of hydrogen-bond donors (Lipinski definition) is 4. The Morgan fingerprint density at radius 1 is 0.898 bits per heavy atom. The van der Waals surface area contributed by atoms with Crippen LogP contribution in [0.15, 0.2) is 79.3 Å². The lowest BCUT2D eigenvalue weighted by molar-refractivity contribution is 0.237. The van der Waals surface area contributed by atoms with E-state index in [1.807, 2.05) is 18.2 Å². The molecule has 1 saturated heterocycles. The molecule has 6 heterocycles. The molecule has 4 N–H and O–H groups in total. The number of anilines is 1. The van der Waals surface area contributed by atoms with Gasteiger partial charge in [0.2, 0.25) is 0 Å². The zero-order valence-electron chi connectivity index (χ0n) is 27.3. The Kier molecular flexibility index (Phi) is 8.65. The van der Waals surface area contributed by atoms with E-state index in [0.717, 1.165) is 88.2 Å². The third-order valence-corrected chi connectivity index (χ3v) is 9.83. The molecule has 2 fully saturated rings. The molecule has 0 spiro atoms. The monoisotopic (exact) mass is 658 g/mol. The van der Waals surface area contributed by atoms with Crippen LogP contribution in [0, 0.1) is 11.7 Å². The van der Waals surface area contributed by atoms with Gasteiger partial charge in [-0.1, -0.05) is 19.3 Å². The van der Waals surface area contributed by atoms with Gasteiger partial charge in [0, 0.05) is 64.6 Å². The molecule has 0 amide bonds. The molecular weight excluding hydrogens is 619 g/mol. The zero-order valence-corrected chi connectivity index (χ0v) is 27.3. The molecule has 1 aromatic carbocycles. The number of aliphatic hydroxyl groups is 1. The van der Waals surface area contributed by atoms with Gasteiger partial charge in [-0.25, -0.2) is 9.37 Å². The predicted molar refractivity (Wildman–Crippen MR) is 190 cm³/mol. The van der Waals surface area contributed by atoms with Crippen LogP contribution in [0.4, 0.5) is 10.1 Å². The maximum Gasteiger partial charge on any atom is 0.181 e. The lowest BCUT2D eigenvalue weighted by atomic mass is 9.87. The summed E-state index contributed by atoms with van der Waals surface area (Å²) in [7, 11) is 0. The van der Waals surface area contributed by atoms with E-state index in [1.54, 1.807) is 31.0 Å². The Hall–Kier alpha value is -5.29. The van der Waals surface area contributed by atoms with Crippen LogP contribution in [0.3, 0.4) is 0 Å². The van der Waals surface area contributed by atoms with Gasteiger partial charge in [0.15, 0.2) is 5.65 Å². The number of fused-ring (bicyclic) bond motifs is 2. The van der Waals surface area contributed by atoms with Crippen molar-refractivity contribution in [2.45, 2.75) is 44.9 Å². The number of aromatic nitrogens is 6. The number of ether oxygens (including phenoxy) is 1. The third-order valence-electron chi connectivity index (χ3n) is 9.83. The highest BCUT2D eigenvalue weighted by atomic mass is 19.1. The second-order valence-electron chi connectivity index (χ2n) is 13.1. The summed E-state index contributed by atoms with van der Waals surface area (Å²) in [4.78, 5) is 19.4. The van der Waals surface area contributed by atoms with E-state index in [4.69, 9.17) is 4.74 Å². The quantitative estimate of drug-likeness (QED) is 0.108. The molecule has 250 valence electrons. The van der Waals surface area contributed by atoms with Crippen LogP contribution in [0.2, 0.25) is 0 Å². The average Bonchev–Trinajstić information content (AvgIpc) is 3.91. The van der Waals surface area contributed by atoms with Crippen LogP contribution >= 0.6 is 0 Å². The first kappa shape index (κ1) is 31.0. The van der Waals surface area contributed by atoms with Gasteiger partial charge >= 0.3 is 0 Å². The van der Waals surface area contributed by atoms with Crippen LogP contribution in [-0.2, 0) is 0 Å². The fourth-order valence-electron chi connectivity index (χ4n) is 7.27. The Morgan fingerprint density at radius 3 is 2.59 bits per heavy atom. The van der Waals surface area contributed by atoms with E-state index in [1.165, 1.54) is 50.5 Å². The van der Waals surface area contributed by atoms with Gasteiger partial charge < -0.3 is 20.1 Å². The zero-order chi connectivity index (χ0) is 33.2. The van der Waals surface area contributed by atoms with E-state index in [-0.39, 0.29) is 5.82 Å². The number of hydrogen-bond acceptors (Lipinski definition) is 8. The van der Waals surface area contributed by atoms with E-state index in [0.29, 0.717) is 29.5 Å². The minimum absolute atomic E-state index is 0.321. The summed E-state index contributed by atoms with van der Waals surface area (Å²) < 4.78 is 20.8. The van der Waals surface area contributed by atoms with Crippen LogP contribution in [0.1, 0.15) is 44.9 Å². The van der Waals surface area contributed by atoms with Gasteiger partial charge in [0.05, 0.1) is 46.9 Å². The highest BCUT2D eigenvalue weighted by molar-refractivity contribution is 6.00. The van der Waals surface area contributed by atoms with E-state index in [9.17, 15) is 9.50 Å². The molecule has 2 aliphatic rings. The van der Waals surface area contributed by atoms with Crippen LogP contribution < -0.4 is 10.1 Å². The van der Waals surface area contributed by atoms with E-state index >= 15 is 0 Å². The Morgan fingerprint density at radius 2 is 1.73 bits per heavy atom. The molecule has 5 aromatic heterocycles. The normalized spacial score (nSPS) is 16.1. The van der Waals surface area contributed by atoms with Crippen molar-refractivity contribution in [2.24, 2.45) is 5.92 Å². The molecule has 10 nitrogen and oxygen atoms in total. The van der Waals surface area contributed by atoms with Gasteiger partial charge in [-0.05, 0) is 74.7 Å². The van der Waals surface area contributed by atoms with Gasteiger partial charge in [-0.3, -0.25) is 20.0 Å². The number of rotatable bonds is 10. The largest absolute Gasteiger partial charge is 0.514 e. The van der Waals surface area contributed by atoms with Crippen LogP contribution in [0.5, 0.6) is 5.75 Å². The van der Waals surface area contributed by atoms with Gasteiger partial charge in [0.1, 0.15) is 18.2 Å². The lowest BCUT2D eigenvalue weighted by Gasteiger charge is -2.24. The summed E-state index contributed by atoms with van der Waals surface area (Å²) in [5.74, 6) is 0.472. The smallest absolute Gasteiger partial charge is 0.181 e. The lowest BCUT2D eigenvalue weighted by Crippen LogP contribution is -2.25. The fraction of sp³-hybridized carbons (Fsp3) is 0.316. The number of halogens is 1. The van der Waals surface area contributed by atoms with Gasteiger partial charge in [-0.2, -0.15) is 5.10 Å². The van der Waals surface area contributed by atoms with Gasteiger partial charge in [0.25, 0.3) is 0 Å². The number of aromatic amines is 2. The molecule has 1 saturated carbocycles. The summed E-state index contributed by atoms with van der Waals surface area (Å²) in [5.41, 5.74) is 7.89. The molecule has 6 aromatic rings. The topological polar surface area (TPSA) is 128 Å². The molecule has 49 heavy (non-hydrogen) atoms. The minimum atomic E-state index is -0.356. The summed E-state index contributed by atoms with van der Waals surface area (Å²) in [5, 5.41) is 22.8. The second kappa shape index (κ2) is 13.7. The number of likely N-dealkylation sites (tertiary alicyclic amines) is 1. The summed E-state index contributed by atoms with van der Waals surface area (Å²) >= 11 is 0. The first-order valence-corrected chi connectivity index (χ1v) is 17.2. The fourth-order valence-corrected chi connectivity index (χ4v) is 7.27. The standard InChI is InChI=1S/C38H39FN8O2/c39-28-12-25(14-30(16-28)49-11-10-47-8-4-5-9-47)33-21-41-22-35-31(33)17-34(44-35)37-32-15-27(19-42-38(32)46-45-37)26-13-29(20-40-18-26)43-36(23-48)24-6-2-1-3-7-24/h12-24,43-44,48H,1-11H2,(H,42,45,46)/b36-23-. The maximum absolute atomic E-state index is 14.9. The van der Waals surface area contributed by atoms with Crippen molar-refractivity contribution in [1.82, 2.24) is 35.0 Å². The first-order valence-electron chi connectivity index (χ1n) is 17.2. The molecule has 8 rings (SSSR count). The Balaban J connectivity index is 1.07. The molecule has 1 aliphatic carbocycles. The maximum atomic E-state index is 14.9. The highest BCUT2D eigenvalue weighted by Gasteiger charge is 2.20. The molecule has 1 aliphatic heterocycles. The van der Waals surface area contributed by atoms with Crippen molar-refractivity contribution < 1.29 is 14.2 Å². The number of allylic oxidation sites excluding steroid dienone is 1. The van der Waals surface area contributed by atoms with Crippen molar-refractivity contribution in [1.29, 1.82) is 0 Å². The molecule has 0 bridgehead atoms. The summed E-state index contributed by atoms with van der Waals surface area (Å²) in [6.45, 7) is 3.54. The van der Waals surface area contributed by atoms with Crippen molar-refractivity contribution >= 4 is 27.6 Å². The van der Waals surface area contributed by atoms with E-state index in [2.05, 4.69) is 46.4 Å². The highest BCUT2D eigenvalue weighted by Crippen LogP contribution is 2.36. The van der Waals surface area contributed by atoms with E-state index < -0.39 is 0 Å². The third kappa shape index (κ3) is 6.58. The Labute approximate surface area is 283 Å². The molecule has 0 unspecified atom stereocenters. The van der Waals surface area contributed by atoms with Crippen LogP contribution in [0.25, 0.3) is 55.6 Å². The summed E-state index contributed by atoms with van der Waals surface area (Å²) in [6.07, 6.45) is 18.3. The second-order valence-corrected chi connectivity index (χ2v) is 13.1. The first-order chi connectivity index (χ1) is 24.1. The molecule has 11 heteroatoms. The van der Waals surface area contributed by atoms with Gasteiger partial charge in [-0.15, -0.1) is 0 Å². The molecular formula is C38H39FN8O2. The SMILES string of the molecule is O/C=C(\Nc1cncc(-c2cnc3n[nH]c(-c4cc5c(-c6cc(F)cc(OCCN7CCCC7)c6)cncc5[nH]4)c3c2)c1)C1CCCCC1. The number of pyridine rings is 3. The number of H-pyrrole nitrogens is 2. The molecule has 0 atom stereocenters. The number of benzene rings is 1. The summed E-state index contributed by atoms with van der Waals surface area (Å²) in [6, 6.07) is 10.9. The van der Waals surface area contributed by atoms with Crippen molar-refractivity contribution in [3.8, 4) is 39.4 Å². The van der Waals surface area contributed by atoms with Crippen molar-refractivity contribution in [3.05, 3.63) is 85.2 Å². The number of nitrogens with one attached hydrogen (secondary N) is 3. The van der Waals surface area contributed by atoms with Crippen molar-refractivity contribution in [3.63, 3.8) is 0 Å². The average molecular weight is 659 g/mol. The van der Waals surface area contributed by atoms with Crippen molar-refractivity contribution in [2.75, 3.05) is 31.6 Å². The number of nitrogens with zero attached hydrogens (tertiary/aromatic N) is 5. The number of aliphatic hydroxyl groups excluding tert-OH is 1. The molecule has 0 radical (unpaired) electrons.